The Labute approximate surface area is 138 Å². The SMILES string of the molecule is CS(=O)(=O)Nc1cc(-c2nc(C3(N)CCC3)no2)ccc1F.Cl. The average molecular weight is 363 g/mol. The Morgan fingerprint density at radius 3 is 2.65 bits per heavy atom. The van der Waals surface area contributed by atoms with Crippen molar-refractivity contribution in [2.75, 3.05) is 11.0 Å². The molecule has 0 bridgehead atoms. The highest BCUT2D eigenvalue weighted by Gasteiger charge is 2.39. The molecule has 0 spiro atoms. The van der Waals surface area contributed by atoms with E-state index < -0.39 is 21.4 Å². The normalized spacial score (nSPS) is 16.3. The van der Waals surface area contributed by atoms with E-state index in [4.69, 9.17) is 10.3 Å². The van der Waals surface area contributed by atoms with Crippen molar-refractivity contribution in [3.8, 4) is 11.5 Å². The van der Waals surface area contributed by atoms with Crippen molar-refractivity contribution >= 4 is 28.1 Å². The molecule has 1 aromatic heterocycles. The molecule has 3 rings (SSSR count). The Bertz CT molecular complexity index is 820. The molecule has 1 aromatic carbocycles. The molecule has 23 heavy (non-hydrogen) atoms. The number of nitrogens with two attached hydrogens (primary N) is 1. The summed E-state index contributed by atoms with van der Waals surface area (Å²) < 4.78 is 43.4. The van der Waals surface area contributed by atoms with E-state index in [-0.39, 0.29) is 24.0 Å². The summed E-state index contributed by atoms with van der Waals surface area (Å²) in [5.74, 6) is -0.109. The maximum absolute atomic E-state index is 13.7. The van der Waals surface area contributed by atoms with Gasteiger partial charge >= 0.3 is 0 Å². The molecule has 126 valence electrons. The number of nitrogens with zero attached hydrogens (tertiary/aromatic N) is 2. The Morgan fingerprint density at radius 2 is 2.09 bits per heavy atom. The summed E-state index contributed by atoms with van der Waals surface area (Å²) in [5, 5.41) is 3.87. The van der Waals surface area contributed by atoms with Crippen LogP contribution in [-0.2, 0) is 15.6 Å². The fraction of sp³-hybridized carbons (Fsp3) is 0.385. The molecule has 2 aromatic rings. The second-order valence-electron chi connectivity index (χ2n) is 5.50. The summed E-state index contributed by atoms with van der Waals surface area (Å²) in [6.45, 7) is 0. The standard InChI is InChI=1S/C13H15FN4O3S.ClH/c1-22(19,20)18-10-7-8(3-4-9(10)14)11-16-12(17-21-11)13(15)5-2-6-13;/h3-4,7,18H,2,5-6,15H2,1H3;1H. The minimum Gasteiger partial charge on any atom is -0.334 e. The molecule has 0 aliphatic heterocycles. The Hall–Kier alpha value is -1.71. The largest absolute Gasteiger partial charge is 0.334 e. The van der Waals surface area contributed by atoms with Crippen LogP contribution in [0.5, 0.6) is 0 Å². The highest BCUT2D eigenvalue weighted by atomic mass is 35.5. The molecule has 1 saturated carbocycles. The molecule has 1 fully saturated rings. The van der Waals surface area contributed by atoms with Gasteiger partial charge in [0.1, 0.15) is 5.82 Å². The lowest BCUT2D eigenvalue weighted by atomic mass is 9.77. The van der Waals surface area contributed by atoms with E-state index in [1.807, 2.05) is 0 Å². The second kappa shape index (κ2) is 6.06. The third-order valence-corrected chi connectivity index (χ3v) is 4.22. The third-order valence-electron chi connectivity index (χ3n) is 3.63. The summed E-state index contributed by atoms with van der Waals surface area (Å²) in [4.78, 5) is 4.24. The monoisotopic (exact) mass is 362 g/mol. The van der Waals surface area contributed by atoms with Crippen LogP contribution in [0.4, 0.5) is 10.1 Å². The molecule has 0 atom stereocenters. The van der Waals surface area contributed by atoms with Crippen molar-refractivity contribution < 1.29 is 17.3 Å². The predicted molar refractivity (Wildman–Crippen MR) is 85.1 cm³/mol. The first-order chi connectivity index (χ1) is 10.3. The molecule has 1 aliphatic rings. The van der Waals surface area contributed by atoms with Gasteiger partial charge in [0.2, 0.25) is 10.0 Å². The van der Waals surface area contributed by atoms with Gasteiger partial charge in [0, 0.05) is 5.56 Å². The van der Waals surface area contributed by atoms with Crippen molar-refractivity contribution in [2.24, 2.45) is 5.73 Å². The number of benzene rings is 1. The van der Waals surface area contributed by atoms with Crippen LogP contribution in [0.2, 0.25) is 0 Å². The summed E-state index contributed by atoms with van der Waals surface area (Å²) in [6, 6.07) is 3.87. The summed E-state index contributed by atoms with van der Waals surface area (Å²) in [5.41, 5.74) is 5.79. The molecule has 7 nitrogen and oxygen atoms in total. The number of hydrogen-bond donors (Lipinski definition) is 2. The fourth-order valence-electron chi connectivity index (χ4n) is 2.26. The minimum atomic E-state index is -3.59. The Morgan fingerprint density at radius 1 is 1.39 bits per heavy atom. The lowest BCUT2D eigenvalue weighted by Crippen LogP contribution is -2.44. The van der Waals surface area contributed by atoms with E-state index in [0.717, 1.165) is 31.6 Å². The molecular weight excluding hydrogens is 347 g/mol. The second-order valence-corrected chi connectivity index (χ2v) is 7.25. The number of anilines is 1. The van der Waals surface area contributed by atoms with Gasteiger partial charge in [0.05, 0.1) is 17.5 Å². The van der Waals surface area contributed by atoms with E-state index in [1.165, 1.54) is 12.1 Å². The fourth-order valence-corrected chi connectivity index (χ4v) is 2.82. The lowest BCUT2D eigenvalue weighted by Gasteiger charge is -2.34. The van der Waals surface area contributed by atoms with Crippen molar-refractivity contribution in [3.05, 3.63) is 29.8 Å². The van der Waals surface area contributed by atoms with Gasteiger partial charge in [0.25, 0.3) is 5.89 Å². The quantitative estimate of drug-likeness (QED) is 0.860. The van der Waals surface area contributed by atoms with Crippen LogP contribution in [0, 0.1) is 5.82 Å². The smallest absolute Gasteiger partial charge is 0.258 e. The maximum Gasteiger partial charge on any atom is 0.258 e. The van der Waals surface area contributed by atoms with E-state index >= 15 is 0 Å². The molecular formula is C13H16ClFN4O3S. The number of nitrogens with one attached hydrogen (secondary N) is 1. The van der Waals surface area contributed by atoms with E-state index in [9.17, 15) is 12.8 Å². The van der Waals surface area contributed by atoms with Gasteiger partial charge in [-0.15, -0.1) is 12.4 Å². The van der Waals surface area contributed by atoms with Crippen LogP contribution < -0.4 is 10.5 Å². The van der Waals surface area contributed by atoms with Crippen LogP contribution in [0.1, 0.15) is 25.1 Å². The van der Waals surface area contributed by atoms with Crippen LogP contribution in [0.15, 0.2) is 22.7 Å². The summed E-state index contributed by atoms with van der Waals surface area (Å²) in [6.07, 6.45) is 3.53. The zero-order valence-corrected chi connectivity index (χ0v) is 13.9. The van der Waals surface area contributed by atoms with Gasteiger partial charge in [-0.05, 0) is 37.5 Å². The van der Waals surface area contributed by atoms with E-state index in [2.05, 4.69) is 14.9 Å². The number of halogens is 2. The van der Waals surface area contributed by atoms with Gasteiger partial charge < -0.3 is 10.3 Å². The zero-order chi connectivity index (χ0) is 16.0. The first kappa shape index (κ1) is 17.6. The Balaban J connectivity index is 0.00000192. The van der Waals surface area contributed by atoms with Crippen LogP contribution in [-0.4, -0.2) is 24.8 Å². The highest BCUT2D eigenvalue weighted by molar-refractivity contribution is 7.92. The molecule has 3 N–H and O–H groups in total. The van der Waals surface area contributed by atoms with Gasteiger partial charge in [0.15, 0.2) is 5.82 Å². The van der Waals surface area contributed by atoms with Crippen molar-refractivity contribution in [1.82, 2.24) is 10.1 Å². The predicted octanol–water partition coefficient (Wildman–Crippen LogP) is 2.01. The minimum absolute atomic E-state index is 0. The molecule has 10 heteroatoms. The number of rotatable bonds is 4. The van der Waals surface area contributed by atoms with Crippen molar-refractivity contribution in [1.29, 1.82) is 0 Å². The maximum atomic E-state index is 13.7. The first-order valence-corrected chi connectivity index (χ1v) is 8.57. The van der Waals surface area contributed by atoms with E-state index in [1.54, 1.807) is 0 Å². The molecule has 0 radical (unpaired) electrons. The number of hydrogen-bond acceptors (Lipinski definition) is 6. The number of sulfonamides is 1. The van der Waals surface area contributed by atoms with Crippen LogP contribution in [0.25, 0.3) is 11.5 Å². The summed E-state index contributed by atoms with van der Waals surface area (Å²) in [7, 11) is -3.59. The third kappa shape index (κ3) is 3.62. The van der Waals surface area contributed by atoms with Gasteiger partial charge in [-0.2, -0.15) is 4.98 Å². The lowest BCUT2D eigenvalue weighted by molar-refractivity contribution is 0.229. The van der Waals surface area contributed by atoms with Crippen molar-refractivity contribution in [3.63, 3.8) is 0 Å². The molecule has 0 amide bonds. The van der Waals surface area contributed by atoms with E-state index in [0.29, 0.717) is 11.4 Å². The molecule has 0 saturated heterocycles. The van der Waals surface area contributed by atoms with Gasteiger partial charge in [-0.25, -0.2) is 12.8 Å². The van der Waals surface area contributed by atoms with Gasteiger partial charge in [-0.1, -0.05) is 5.16 Å². The summed E-state index contributed by atoms with van der Waals surface area (Å²) >= 11 is 0. The Kier molecular flexibility index (Phi) is 4.65. The van der Waals surface area contributed by atoms with Crippen LogP contribution in [0.3, 0.4) is 0 Å². The highest BCUT2D eigenvalue weighted by Crippen LogP contribution is 2.37. The van der Waals surface area contributed by atoms with Gasteiger partial charge in [-0.3, -0.25) is 4.72 Å². The van der Waals surface area contributed by atoms with Crippen molar-refractivity contribution in [2.45, 2.75) is 24.8 Å². The first-order valence-electron chi connectivity index (χ1n) is 6.68. The average Bonchev–Trinajstić information content (AvgIpc) is 2.87. The topological polar surface area (TPSA) is 111 Å². The zero-order valence-electron chi connectivity index (χ0n) is 12.2. The molecule has 1 aliphatic carbocycles. The molecule has 0 unspecified atom stereocenters. The molecule has 1 heterocycles. The van der Waals surface area contributed by atoms with Crippen LogP contribution >= 0.6 is 12.4 Å². The number of aromatic nitrogens is 2.